The van der Waals surface area contributed by atoms with Crippen LogP contribution in [0.15, 0.2) is 30.4 Å². The fourth-order valence-corrected chi connectivity index (χ4v) is 6.95. The summed E-state index contributed by atoms with van der Waals surface area (Å²) in [6.45, 7) is 9.57. The Bertz CT molecular complexity index is 721. The molecule has 0 N–H and O–H groups in total. The average Bonchev–Trinajstić information content (AvgIpc) is 2.58. The van der Waals surface area contributed by atoms with Crippen molar-refractivity contribution in [1.82, 2.24) is 4.90 Å². The zero-order valence-corrected chi connectivity index (χ0v) is 16.5. The number of allylic oxidation sites excluding steroid dienone is 1. The van der Waals surface area contributed by atoms with Gasteiger partial charge in [-0.3, -0.25) is 4.90 Å². The Morgan fingerprint density at radius 3 is 2.85 bits per heavy atom. The molecule has 0 aromatic heterocycles. The lowest BCUT2D eigenvalue weighted by atomic mass is 9.49. The minimum absolute atomic E-state index is 0.303. The summed E-state index contributed by atoms with van der Waals surface area (Å²) < 4.78 is 5.61. The maximum Gasteiger partial charge on any atom is 0.119 e. The van der Waals surface area contributed by atoms with Crippen molar-refractivity contribution in [3.8, 4) is 5.75 Å². The molecule has 1 aliphatic heterocycles. The predicted molar refractivity (Wildman–Crippen MR) is 107 cm³/mol. The van der Waals surface area contributed by atoms with E-state index in [0.29, 0.717) is 5.41 Å². The number of piperidine rings is 1. The predicted octanol–water partition coefficient (Wildman–Crippen LogP) is 4.97. The Balaban J connectivity index is 1.58. The third kappa shape index (κ3) is 2.41. The van der Waals surface area contributed by atoms with Crippen molar-refractivity contribution in [2.45, 2.75) is 63.3 Å². The molecule has 1 aromatic rings. The highest BCUT2D eigenvalue weighted by Crippen LogP contribution is 2.59. The van der Waals surface area contributed by atoms with Crippen molar-refractivity contribution >= 4 is 0 Å². The van der Waals surface area contributed by atoms with Crippen LogP contribution in [0.3, 0.4) is 0 Å². The molecular formula is C24H33NO. The van der Waals surface area contributed by atoms with Crippen molar-refractivity contribution in [2.24, 2.45) is 17.8 Å². The average molecular weight is 352 g/mol. The van der Waals surface area contributed by atoms with Crippen LogP contribution in [-0.2, 0) is 11.8 Å². The van der Waals surface area contributed by atoms with Gasteiger partial charge in [-0.05, 0) is 86.1 Å². The van der Waals surface area contributed by atoms with E-state index in [-0.39, 0.29) is 0 Å². The molecule has 0 radical (unpaired) electrons. The van der Waals surface area contributed by atoms with Crippen LogP contribution in [0.2, 0.25) is 0 Å². The van der Waals surface area contributed by atoms with Gasteiger partial charge in [0, 0.05) is 18.0 Å². The molecule has 4 atom stereocenters. The van der Waals surface area contributed by atoms with Gasteiger partial charge < -0.3 is 4.74 Å². The van der Waals surface area contributed by atoms with Gasteiger partial charge >= 0.3 is 0 Å². The van der Waals surface area contributed by atoms with Gasteiger partial charge in [-0.1, -0.05) is 31.6 Å². The zero-order chi connectivity index (χ0) is 17.9. The van der Waals surface area contributed by atoms with Crippen LogP contribution >= 0.6 is 0 Å². The number of hydrogen-bond donors (Lipinski definition) is 0. The highest BCUT2D eigenvalue weighted by Gasteiger charge is 2.56. The third-order valence-corrected chi connectivity index (χ3v) is 8.16. The molecule has 0 unspecified atom stereocenters. The fraction of sp³-hybridized carbons (Fsp3) is 0.667. The molecule has 4 aliphatic rings. The highest BCUT2D eigenvalue weighted by atomic mass is 16.5. The van der Waals surface area contributed by atoms with Crippen LogP contribution in [0.5, 0.6) is 5.75 Å². The maximum absolute atomic E-state index is 5.61. The molecule has 0 spiro atoms. The van der Waals surface area contributed by atoms with Crippen molar-refractivity contribution in [1.29, 1.82) is 0 Å². The molecule has 3 fully saturated rings. The first-order chi connectivity index (χ1) is 12.6. The van der Waals surface area contributed by atoms with Gasteiger partial charge in [-0.25, -0.2) is 0 Å². The van der Waals surface area contributed by atoms with E-state index in [1.165, 1.54) is 63.6 Å². The summed E-state index contributed by atoms with van der Waals surface area (Å²) in [4.78, 5) is 2.89. The normalized spacial score (nSPS) is 36.8. The SMILES string of the molecule is C=C1C[C@H](C)[C@H]2[C@H]3Cc4ccc(OC)cc4[C@@]2(CCN3CC2CCC2)C1. The second-order valence-corrected chi connectivity index (χ2v) is 9.63. The Morgan fingerprint density at radius 2 is 2.12 bits per heavy atom. The van der Waals surface area contributed by atoms with E-state index in [0.717, 1.165) is 29.5 Å². The third-order valence-electron chi connectivity index (χ3n) is 8.16. The molecule has 1 saturated heterocycles. The lowest BCUT2D eigenvalue weighted by molar-refractivity contribution is -0.0376. The van der Waals surface area contributed by atoms with Gasteiger partial charge in [0.15, 0.2) is 0 Å². The Morgan fingerprint density at radius 1 is 1.27 bits per heavy atom. The second kappa shape index (κ2) is 6.12. The molecule has 5 rings (SSSR count). The smallest absolute Gasteiger partial charge is 0.119 e. The Kier molecular flexibility index (Phi) is 3.97. The van der Waals surface area contributed by atoms with E-state index in [1.54, 1.807) is 18.2 Å². The number of fused-ring (bicyclic) bond motifs is 1. The number of nitrogens with zero attached hydrogens (tertiary/aromatic N) is 1. The number of hydrogen-bond acceptors (Lipinski definition) is 2. The van der Waals surface area contributed by atoms with E-state index in [2.05, 4.69) is 36.6 Å². The van der Waals surface area contributed by atoms with E-state index in [9.17, 15) is 0 Å². The van der Waals surface area contributed by atoms with E-state index >= 15 is 0 Å². The van der Waals surface area contributed by atoms with E-state index in [1.807, 2.05) is 0 Å². The van der Waals surface area contributed by atoms with Crippen molar-refractivity contribution < 1.29 is 4.74 Å². The Labute approximate surface area is 158 Å². The molecule has 1 aromatic carbocycles. The zero-order valence-electron chi connectivity index (χ0n) is 16.5. The first-order valence-corrected chi connectivity index (χ1v) is 10.7. The molecule has 2 saturated carbocycles. The summed E-state index contributed by atoms with van der Waals surface area (Å²) in [5.74, 6) is 3.51. The molecule has 2 bridgehead atoms. The number of ether oxygens (including phenoxy) is 1. The number of benzene rings is 1. The molecular weight excluding hydrogens is 318 g/mol. The number of likely N-dealkylation sites (tertiary alicyclic amines) is 1. The van der Waals surface area contributed by atoms with Gasteiger partial charge in [0.05, 0.1) is 7.11 Å². The summed E-state index contributed by atoms with van der Waals surface area (Å²) in [7, 11) is 1.80. The summed E-state index contributed by atoms with van der Waals surface area (Å²) in [6.07, 6.45) is 9.31. The minimum Gasteiger partial charge on any atom is -0.497 e. The largest absolute Gasteiger partial charge is 0.497 e. The van der Waals surface area contributed by atoms with E-state index in [4.69, 9.17) is 4.74 Å². The fourth-order valence-electron chi connectivity index (χ4n) is 6.95. The van der Waals surface area contributed by atoms with Crippen LogP contribution in [0.4, 0.5) is 0 Å². The van der Waals surface area contributed by atoms with Gasteiger partial charge in [-0.2, -0.15) is 0 Å². The van der Waals surface area contributed by atoms with E-state index < -0.39 is 0 Å². The van der Waals surface area contributed by atoms with Crippen molar-refractivity contribution in [3.05, 3.63) is 41.5 Å². The standard InChI is InChI=1S/C24H33NO/c1-16-11-17(2)23-22-12-19-7-8-20(26-3)13-21(19)24(23,14-16)9-10-25(22)15-18-5-4-6-18/h7-8,13,17-18,22-23H,1,4-6,9-12,14-15H2,2-3H3/t17-,22+,23-,24+/m0/s1. The van der Waals surface area contributed by atoms with Gasteiger partial charge in [-0.15, -0.1) is 0 Å². The van der Waals surface area contributed by atoms with Gasteiger partial charge in [0.2, 0.25) is 0 Å². The van der Waals surface area contributed by atoms with Crippen molar-refractivity contribution in [3.63, 3.8) is 0 Å². The highest BCUT2D eigenvalue weighted by molar-refractivity contribution is 5.47. The van der Waals surface area contributed by atoms with Gasteiger partial charge in [0.1, 0.15) is 5.75 Å². The summed E-state index contributed by atoms with van der Waals surface area (Å²) in [5, 5.41) is 0. The van der Waals surface area contributed by atoms with Gasteiger partial charge in [0.25, 0.3) is 0 Å². The monoisotopic (exact) mass is 351 g/mol. The summed E-state index contributed by atoms with van der Waals surface area (Å²) in [5.41, 5.74) is 4.94. The summed E-state index contributed by atoms with van der Waals surface area (Å²) in [6, 6.07) is 7.62. The van der Waals surface area contributed by atoms with Crippen LogP contribution in [-0.4, -0.2) is 31.1 Å². The number of methoxy groups -OCH3 is 1. The molecule has 3 aliphatic carbocycles. The number of rotatable bonds is 3. The summed E-state index contributed by atoms with van der Waals surface area (Å²) >= 11 is 0. The first-order valence-electron chi connectivity index (χ1n) is 10.7. The molecule has 26 heavy (non-hydrogen) atoms. The molecule has 140 valence electrons. The van der Waals surface area contributed by atoms with Crippen LogP contribution in [0.25, 0.3) is 0 Å². The van der Waals surface area contributed by atoms with Crippen molar-refractivity contribution in [2.75, 3.05) is 20.2 Å². The first kappa shape index (κ1) is 16.9. The molecule has 0 amide bonds. The lowest BCUT2D eigenvalue weighted by Gasteiger charge is -2.62. The van der Waals surface area contributed by atoms with Crippen LogP contribution < -0.4 is 4.74 Å². The Hall–Kier alpha value is -1.28. The lowest BCUT2D eigenvalue weighted by Crippen LogP contribution is -2.63. The quantitative estimate of drug-likeness (QED) is 0.713. The van der Waals surface area contributed by atoms with Crippen LogP contribution in [0, 0.1) is 17.8 Å². The molecule has 2 nitrogen and oxygen atoms in total. The van der Waals surface area contributed by atoms with Crippen LogP contribution in [0.1, 0.15) is 56.6 Å². The topological polar surface area (TPSA) is 12.5 Å². The second-order valence-electron chi connectivity index (χ2n) is 9.63. The molecule has 2 heteroatoms. The maximum atomic E-state index is 5.61. The molecule has 1 heterocycles. The minimum atomic E-state index is 0.303.